The number of hydrogen-bond acceptors (Lipinski definition) is 0. The molecule has 2 aromatic rings. The Morgan fingerprint density at radius 2 is 1.18 bits per heavy atom. The van der Waals surface area contributed by atoms with Gasteiger partial charge in [0.2, 0.25) is 0 Å². The van der Waals surface area contributed by atoms with Crippen LogP contribution in [0.1, 0.15) is 128 Å². The summed E-state index contributed by atoms with van der Waals surface area (Å²) in [7, 11) is 0. The van der Waals surface area contributed by atoms with Crippen molar-refractivity contribution >= 4 is 15.9 Å². The second-order valence-corrected chi connectivity index (χ2v) is 14.5. The lowest BCUT2D eigenvalue weighted by Crippen LogP contribution is -2.44. The highest BCUT2D eigenvalue weighted by molar-refractivity contribution is 9.10. The van der Waals surface area contributed by atoms with Gasteiger partial charge in [-0.3, -0.25) is 0 Å². The maximum atomic E-state index is 4.05. The zero-order chi connectivity index (χ0) is 24.3. The highest BCUT2D eigenvalue weighted by Gasteiger charge is 2.54. The van der Waals surface area contributed by atoms with Gasteiger partial charge < -0.3 is 0 Å². The molecule has 5 rings (SSSR count). The van der Waals surface area contributed by atoms with Crippen molar-refractivity contribution in [3.05, 3.63) is 57.1 Å². The molecule has 0 saturated heterocycles. The molecule has 2 aromatic carbocycles. The van der Waals surface area contributed by atoms with E-state index in [0.29, 0.717) is 0 Å². The topological polar surface area (TPSA) is 0 Å². The summed E-state index contributed by atoms with van der Waals surface area (Å²) in [5.41, 5.74) is 9.94. The molecule has 184 valence electrons. The Bertz CT molecular complexity index is 1030. The van der Waals surface area contributed by atoms with Gasteiger partial charge in [0.05, 0.1) is 0 Å². The van der Waals surface area contributed by atoms with Crippen LogP contribution in [0.2, 0.25) is 0 Å². The van der Waals surface area contributed by atoms with Gasteiger partial charge in [0, 0.05) is 15.5 Å². The van der Waals surface area contributed by atoms with Crippen molar-refractivity contribution in [3.63, 3.8) is 0 Å². The predicted molar refractivity (Wildman–Crippen MR) is 151 cm³/mol. The number of hydrogen-bond donors (Lipinski definition) is 0. The zero-order valence-electron chi connectivity index (χ0n) is 22.5. The van der Waals surface area contributed by atoms with E-state index in [-0.39, 0.29) is 16.2 Å². The molecule has 0 bridgehead atoms. The van der Waals surface area contributed by atoms with Gasteiger partial charge in [0.1, 0.15) is 0 Å². The maximum absolute atomic E-state index is 4.05. The van der Waals surface area contributed by atoms with E-state index in [1.54, 1.807) is 16.7 Å². The van der Waals surface area contributed by atoms with Gasteiger partial charge in [-0.2, -0.15) is 0 Å². The van der Waals surface area contributed by atoms with Gasteiger partial charge in [0.15, 0.2) is 0 Å². The first kappa shape index (κ1) is 24.6. The fourth-order valence-corrected chi connectivity index (χ4v) is 8.59. The summed E-state index contributed by atoms with van der Waals surface area (Å²) in [4.78, 5) is 0. The van der Waals surface area contributed by atoms with Crippen molar-refractivity contribution in [2.45, 2.75) is 122 Å². The van der Waals surface area contributed by atoms with Crippen LogP contribution >= 0.6 is 15.9 Å². The molecule has 1 heteroatoms. The minimum absolute atomic E-state index is 0.125. The summed E-state index contributed by atoms with van der Waals surface area (Å²) in [6, 6.07) is 12.5. The Balaban J connectivity index is 1.88. The summed E-state index contributed by atoms with van der Waals surface area (Å²) < 4.78 is 1.29. The standard InChI is InChI=1S/C33H45Br/c1-31(2,3)27-20-24-26(21-28(27)32(4,5)6)33(22-14-9-7-10-15-22,23-16-11-8-12-17-23)25-18-13-19-29(34)30(24)25/h13,18-23H,7-12,14-17H2,1-6H3. The quantitative estimate of drug-likeness (QED) is 0.369. The molecule has 3 aliphatic carbocycles. The van der Waals surface area contributed by atoms with E-state index in [4.69, 9.17) is 0 Å². The molecule has 0 amide bonds. The summed E-state index contributed by atoms with van der Waals surface area (Å²) in [5.74, 6) is 1.54. The van der Waals surface area contributed by atoms with Crippen LogP contribution < -0.4 is 0 Å². The van der Waals surface area contributed by atoms with Gasteiger partial charge in [-0.15, -0.1) is 0 Å². The van der Waals surface area contributed by atoms with Crippen molar-refractivity contribution in [3.8, 4) is 11.1 Å². The van der Waals surface area contributed by atoms with Gasteiger partial charge >= 0.3 is 0 Å². The molecular formula is C33H45Br. The van der Waals surface area contributed by atoms with Crippen LogP contribution in [-0.2, 0) is 16.2 Å². The Hall–Kier alpha value is -1.08. The molecule has 0 unspecified atom stereocenters. The van der Waals surface area contributed by atoms with E-state index in [0.717, 1.165) is 11.8 Å². The lowest BCUT2D eigenvalue weighted by atomic mass is 9.54. The molecule has 2 saturated carbocycles. The van der Waals surface area contributed by atoms with Gasteiger partial charge in [-0.25, -0.2) is 0 Å². The average Bonchev–Trinajstić information content (AvgIpc) is 3.10. The van der Waals surface area contributed by atoms with E-state index in [1.165, 1.54) is 85.4 Å². The number of rotatable bonds is 2. The minimum Gasteiger partial charge on any atom is -0.0608 e. The van der Waals surface area contributed by atoms with E-state index in [1.807, 2.05) is 0 Å². The lowest BCUT2D eigenvalue weighted by molar-refractivity contribution is 0.137. The van der Waals surface area contributed by atoms with Crippen LogP contribution in [0, 0.1) is 11.8 Å². The van der Waals surface area contributed by atoms with Crippen LogP contribution in [0.25, 0.3) is 11.1 Å². The van der Waals surface area contributed by atoms with E-state index < -0.39 is 0 Å². The van der Waals surface area contributed by atoms with Crippen molar-refractivity contribution < 1.29 is 0 Å². The number of halogens is 1. The molecule has 0 radical (unpaired) electrons. The molecular weight excluding hydrogens is 476 g/mol. The Morgan fingerprint density at radius 3 is 1.68 bits per heavy atom. The van der Waals surface area contributed by atoms with Gasteiger partial charge in [-0.05, 0) is 88.3 Å². The summed E-state index contributed by atoms with van der Waals surface area (Å²) >= 11 is 4.05. The number of fused-ring (bicyclic) bond motifs is 3. The van der Waals surface area contributed by atoms with Crippen LogP contribution in [0.5, 0.6) is 0 Å². The Morgan fingerprint density at radius 1 is 0.676 bits per heavy atom. The second kappa shape index (κ2) is 8.79. The first-order valence-corrected chi connectivity index (χ1v) is 14.8. The monoisotopic (exact) mass is 520 g/mol. The largest absolute Gasteiger partial charge is 0.0608 e. The van der Waals surface area contributed by atoms with E-state index >= 15 is 0 Å². The molecule has 2 fully saturated rings. The third-order valence-corrected chi connectivity index (χ3v) is 10.1. The third kappa shape index (κ3) is 3.84. The zero-order valence-corrected chi connectivity index (χ0v) is 24.1. The van der Waals surface area contributed by atoms with Crippen LogP contribution in [-0.4, -0.2) is 0 Å². The van der Waals surface area contributed by atoms with Crippen molar-refractivity contribution in [1.29, 1.82) is 0 Å². The maximum Gasteiger partial charge on any atom is 0.0272 e. The average molecular weight is 522 g/mol. The molecule has 0 aromatic heterocycles. The lowest BCUT2D eigenvalue weighted by Gasteiger charge is -2.49. The normalized spacial score (nSPS) is 21.4. The molecule has 0 atom stereocenters. The van der Waals surface area contributed by atoms with Crippen LogP contribution in [0.4, 0.5) is 0 Å². The molecule has 0 heterocycles. The van der Waals surface area contributed by atoms with Crippen molar-refractivity contribution in [2.24, 2.45) is 11.8 Å². The van der Waals surface area contributed by atoms with Crippen LogP contribution in [0.3, 0.4) is 0 Å². The molecule has 0 N–H and O–H groups in total. The van der Waals surface area contributed by atoms with Crippen LogP contribution in [0.15, 0.2) is 34.8 Å². The molecule has 0 aliphatic heterocycles. The SMILES string of the molecule is CC(C)(C)c1cc2c(cc1C(C)(C)C)C(C1CCCCC1)(C1CCCCC1)c1cccc(Br)c1-2. The number of benzene rings is 2. The summed E-state index contributed by atoms with van der Waals surface area (Å²) in [6.45, 7) is 14.5. The van der Waals surface area contributed by atoms with Gasteiger partial charge in [0.25, 0.3) is 0 Å². The minimum atomic E-state index is 0.125. The van der Waals surface area contributed by atoms with Crippen molar-refractivity contribution in [1.82, 2.24) is 0 Å². The Labute approximate surface area is 217 Å². The first-order valence-electron chi connectivity index (χ1n) is 14.0. The highest BCUT2D eigenvalue weighted by atomic mass is 79.9. The predicted octanol–water partition coefficient (Wildman–Crippen LogP) is 10.5. The smallest absolute Gasteiger partial charge is 0.0272 e. The molecule has 0 nitrogen and oxygen atoms in total. The summed E-state index contributed by atoms with van der Waals surface area (Å²) in [6.07, 6.45) is 14.1. The highest BCUT2D eigenvalue weighted by Crippen LogP contribution is 2.63. The first-order chi connectivity index (χ1) is 16.1. The van der Waals surface area contributed by atoms with Crippen molar-refractivity contribution in [2.75, 3.05) is 0 Å². The summed E-state index contributed by atoms with van der Waals surface area (Å²) in [5, 5.41) is 0. The third-order valence-electron chi connectivity index (χ3n) is 9.45. The van der Waals surface area contributed by atoms with E-state index in [2.05, 4.69) is 87.8 Å². The fourth-order valence-electron chi connectivity index (χ4n) is 8.01. The molecule has 34 heavy (non-hydrogen) atoms. The van der Waals surface area contributed by atoms with Gasteiger partial charge in [-0.1, -0.05) is 114 Å². The fraction of sp³-hybridized carbons (Fsp3) is 0.636. The molecule has 3 aliphatic rings. The Kier molecular flexibility index (Phi) is 6.36. The van der Waals surface area contributed by atoms with E-state index in [9.17, 15) is 0 Å². The molecule has 0 spiro atoms. The second-order valence-electron chi connectivity index (χ2n) is 13.6.